The van der Waals surface area contributed by atoms with Gasteiger partial charge in [0.1, 0.15) is 5.82 Å². The molecule has 0 aliphatic rings. The number of hydrogen-bond acceptors (Lipinski definition) is 4. The van der Waals surface area contributed by atoms with Gasteiger partial charge >= 0.3 is 0 Å². The molecule has 1 N–H and O–H groups in total. The fourth-order valence-corrected chi connectivity index (χ4v) is 1.76. The summed E-state index contributed by atoms with van der Waals surface area (Å²) in [4.78, 5) is 8.90. The second-order valence-electron chi connectivity index (χ2n) is 4.92. The number of likely N-dealkylation sites (N-methyl/N-ethyl adjacent to an activating group) is 1. The first kappa shape index (κ1) is 14.9. The van der Waals surface area contributed by atoms with Crippen molar-refractivity contribution in [1.82, 2.24) is 9.88 Å². The lowest BCUT2D eigenvalue weighted by atomic mass is 10.2. The van der Waals surface area contributed by atoms with Gasteiger partial charge < -0.3 is 14.9 Å². The molecule has 4 nitrogen and oxygen atoms in total. The van der Waals surface area contributed by atoms with Crippen molar-refractivity contribution in [3.8, 4) is 0 Å². The molecular formula is C14H25N3O. The van der Waals surface area contributed by atoms with Crippen molar-refractivity contribution >= 4 is 5.82 Å². The van der Waals surface area contributed by atoms with Crippen molar-refractivity contribution < 1.29 is 5.11 Å². The maximum absolute atomic E-state index is 9.47. The van der Waals surface area contributed by atoms with Gasteiger partial charge in [0.25, 0.3) is 0 Å². The molecule has 0 saturated carbocycles. The fraction of sp³-hybridized carbons (Fsp3) is 0.643. The summed E-state index contributed by atoms with van der Waals surface area (Å²) in [6, 6.07) is 3.94. The van der Waals surface area contributed by atoms with E-state index in [0.29, 0.717) is 0 Å². The van der Waals surface area contributed by atoms with E-state index in [2.05, 4.69) is 35.8 Å². The van der Waals surface area contributed by atoms with Gasteiger partial charge in [-0.3, -0.25) is 0 Å². The summed E-state index contributed by atoms with van der Waals surface area (Å²) in [5.41, 5.74) is 0.864. The molecule has 0 bridgehead atoms. The Bertz CT molecular complexity index is 335. The van der Waals surface area contributed by atoms with Crippen LogP contribution in [0.5, 0.6) is 0 Å². The van der Waals surface area contributed by atoms with Crippen LogP contribution in [0.15, 0.2) is 18.3 Å². The molecule has 0 aliphatic carbocycles. The normalized spacial score (nSPS) is 12.8. The molecule has 0 spiro atoms. The van der Waals surface area contributed by atoms with Gasteiger partial charge in [-0.25, -0.2) is 4.98 Å². The lowest BCUT2D eigenvalue weighted by molar-refractivity contribution is 0.199. The molecule has 1 heterocycles. The molecule has 0 saturated heterocycles. The average molecular weight is 251 g/mol. The van der Waals surface area contributed by atoms with Crippen molar-refractivity contribution in [3.63, 3.8) is 0 Å². The van der Waals surface area contributed by atoms with Crippen LogP contribution < -0.4 is 4.90 Å². The van der Waals surface area contributed by atoms with E-state index in [4.69, 9.17) is 0 Å². The molecule has 1 aromatic rings. The van der Waals surface area contributed by atoms with Gasteiger partial charge in [0.2, 0.25) is 0 Å². The molecule has 0 unspecified atom stereocenters. The topological polar surface area (TPSA) is 39.6 Å². The quantitative estimate of drug-likeness (QED) is 0.803. The van der Waals surface area contributed by atoms with Crippen LogP contribution in [0.2, 0.25) is 0 Å². The van der Waals surface area contributed by atoms with E-state index in [1.54, 1.807) is 13.1 Å². The van der Waals surface area contributed by atoms with E-state index in [0.717, 1.165) is 37.4 Å². The van der Waals surface area contributed by atoms with Gasteiger partial charge in [-0.2, -0.15) is 0 Å². The number of aliphatic hydroxyl groups is 1. The molecule has 4 heteroatoms. The first-order valence-electron chi connectivity index (χ1n) is 6.58. The van der Waals surface area contributed by atoms with Gasteiger partial charge in [-0.05, 0) is 39.1 Å². The smallest absolute Gasteiger partial charge is 0.128 e. The summed E-state index contributed by atoms with van der Waals surface area (Å²) in [6.07, 6.45) is 2.42. The zero-order valence-corrected chi connectivity index (χ0v) is 11.9. The largest absolute Gasteiger partial charge is 0.389 e. The molecule has 1 atom stereocenters. The molecule has 1 rings (SSSR count). The Morgan fingerprint density at radius 1 is 1.22 bits per heavy atom. The number of aromatic nitrogens is 1. The standard InChI is InChI=1S/C14H25N3O/c1-5-8-17(10-9-16(3)4)14-7-6-13(11-15-14)12(2)18/h6-7,11-12,18H,5,8-10H2,1-4H3/t12-/m1/s1. The van der Waals surface area contributed by atoms with Crippen LogP contribution in [-0.2, 0) is 0 Å². The summed E-state index contributed by atoms with van der Waals surface area (Å²) in [5.74, 6) is 0.989. The highest BCUT2D eigenvalue weighted by atomic mass is 16.3. The number of aliphatic hydroxyl groups excluding tert-OH is 1. The minimum absolute atomic E-state index is 0.451. The van der Waals surface area contributed by atoms with E-state index in [-0.39, 0.29) is 0 Å². The summed E-state index contributed by atoms with van der Waals surface area (Å²) < 4.78 is 0. The van der Waals surface area contributed by atoms with E-state index >= 15 is 0 Å². The summed E-state index contributed by atoms with van der Waals surface area (Å²) in [5, 5.41) is 9.47. The molecule has 0 fully saturated rings. The Hall–Kier alpha value is -1.13. The Balaban J connectivity index is 2.72. The number of hydrogen-bond donors (Lipinski definition) is 1. The summed E-state index contributed by atoms with van der Waals surface area (Å²) in [6.45, 7) is 6.93. The first-order valence-corrected chi connectivity index (χ1v) is 6.58. The molecule has 1 aromatic heterocycles. The number of rotatable bonds is 7. The SMILES string of the molecule is CCCN(CCN(C)C)c1ccc([C@@H](C)O)cn1. The highest BCUT2D eigenvalue weighted by Gasteiger charge is 2.08. The Labute approximate surface area is 110 Å². The van der Waals surface area contributed by atoms with Crippen LogP contribution in [0.25, 0.3) is 0 Å². The van der Waals surface area contributed by atoms with E-state index in [9.17, 15) is 5.11 Å². The highest BCUT2D eigenvalue weighted by Crippen LogP contribution is 2.16. The fourth-order valence-electron chi connectivity index (χ4n) is 1.76. The third kappa shape index (κ3) is 4.63. The molecular weight excluding hydrogens is 226 g/mol. The zero-order valence-electron chi connectivity index (χ0n) is 11.9. The van der Waals surface area contributed by atoms with Gasteiger partial charge in [0.15, 0.2) is 0 Å². The number of anilines is 1. The molecule has 0 aliphatic heterocycles. The van der Waals surface area contributed by atoms with E-state index < -0.39 is 6.10 Å². The van der Waals surface area contributed by atoms with Gasteiger partial charge in [0, 0.05) is 25.8 Å². The van der Waals surface area contributed by atoms with Gasteiger partial charge in [0.05, 0.1) is 6.10 Å². The van der Waals surface area contributed by atoms with Gasteiger partial charge in [-0.15, -0.1) is 0 Å². The third-order valence-corrected chi connectivity index (χ3v) is 2.89. The minimum Gasteiger partial charge on any atom is -0.389 e. The van der Waals surface area contributed by atoms with Crippen LogP contribution in [0, 0.1) is 0 Å². The predicted octanol–water partition coefficient (Wildman–Crippen LogP) is 1.91. The van der Waals surface area contributed by atoms with Crippen molar-refractivity contribution in [1.29, 1.82) is 0 Å². The van der Waals surface area contributed by atoms with Crippen molar-refractivity contribution in [3.05, 3.63) is 23.9 Å². The zero-order chi connectivity index (χ0) is 13.5. The second kappa shape index (κ2) is 7.34. The second-order valence-corrected chi connectivity index (χ2v) is 4.92. The maximum Gasteiger partial charge on any atom is 0.128 e. The van der Waals surface area contributed by atoms with E-state index in [1.807, 2.05) is 12.1 Å². The van der Waals surface area contributed by atoms with E-state index in [1.165, 1.54) is 0 Å². The lowest BCUT2D eigenvalue weighted by Gasteiger charge is -2.25. The van der Waals surface area contributed by atoms with Crippen molar-refractivity contribution in [2.24, 2.45) is 0 Å². The van der Waals surface area contributed by atoms with Crippen molar-refractivity contribution in [2.75, 3.05) is 38.6 Å². The summed E-state index contributed by atoms with van der Waals surface area (Å²) in [7, 11) is 4.15. The average Bonchev–Trinajstić information content (AvgIpc) is 2.34. The maximum atomic E-state index is 9.47. The Morgan fingerprint density at radius 3 is 2.39 bits per heavy atom. The third-order valence-electron chi connectivity index (χ3n) is 2.89. The lowest BCUT2D eigenvalue weighted by Crippen LogP contribution is -2.32. The van der Waals surface area contributed by atoms with Crippen molar-refractivity contribution in [2.45, 2.75) is 26.4 Å². The molecule has 0 radical (unpaired) electrons. The van der Waals surface area contributed by atoms with Crippen LogP contribution in [0.3, 0.4) is 0 Å². The molecule has 0 aromatic carbocycles. The molecule has 18 heavy (non-hydrogen) atoms. The Morgan fingerprint density at radius 2 is 1.94 bits per heavy atom. The summed E-state index contributed by atoms with van der Waals surface area (Å²) >= 11 is 0. The van der Waals surface area contributed by atoms with Crippen LogP contribution >= 0.6 is 0 Å². The van der Waals surface area contributed by atoms with Gasteiger partial charge in [-0.1, -0.05) is 13.0 Å². The molecule has 102 valence electrons. The minimum atomic E-state index is -0.451. The Kier molecular flexibility index (Phi) is 6.09. The molecule has 0 amide bonds. The first-order chi connectivity index (χ1) is 8.54. The number of nitrogens with zero attached hydrogens (tertiary/aromatic N) is 3. The van der Waals surface area contributed by atoms with Crippen LogP contribution in [-0.4, -0.2) is 48.7 Å². The number of pyridine rings is 1. The monoisotopic (exact) mass is 251 g/mol. The highest BCUT2D eigenvalue weighted by molar-refractivity contribution is 5.39. The van der Waals surface area contributed by atoms with Crippen LogP contribution in [0.4, 0.5) is 5.82 Å². The predicted molar refractivity (Wildman–Crippen MR) is 75.9 cm³/mol. The van der Waals surface area contributed by atoms with Crippen LogP contribution in [0.1, 0.15) is 31.9 Å².